The molecule has 0 saturated heterocycles. The van der Waals surface area contributed by atoms with E-state index in [-0.39, 0.29) is 5.91 Å². The van der Waals surface area contributed by atoms with Gasteiger partial charge >= 0.3 is 0 Å². The molecule has 0 aliphatic carbocycles. The van der Waals surface area contributed by atoms with Crippen molar-refractivity contribution in [2.45, 2.75) is 6.42 Å². The highest BCUT2D eigenvalue weighted by Crippen LogP contribution is 2.38. The van der Waals surface area contributed by atoms with E-state index >= 15 is 0 Å². The van der Waals surface area contributed by atoms with Gasteiger partial charge in [-0.2, -0.15) is 0 Å². The summed E-state index contributed by atoms with van der Waals surface area (Å²) in [5, 5.41) is 7.02. The minimum atomic E-state index is -0.138. The number of hydrogen-bond donors (Lipinski definition) is 2. The minimum Gasteiger partial charge on any atom is -0.354 e. The van der Waals surface area contributed by atoms with E-state index in [1.165, 1.54) is 5.56 Å². The van der Waals surface area contributed by atoms with Crippen molar-refractivity contribution < 1.29 is 4.79 Å². The van der Waals surface area contributed by atoms with Crippen molar-refractivity contribution in [1.29, 1.82) is 0 Å². The number of rotatable bonds is 6. The lowest BCUT2D eigenvalue weighted by atomic mass is 10.00. The molecule has 0 saturated carbocycles. The Morgan fingerprint density at radius 2 is 1.73 bits per heavy atom. The number of nitrogens with zero attached hydrogens (tertiary/aromatic N) is 1. The molecule has 152 valence electrons. The van der Waals surface area contributed by atoms with Crippen LogP contribution in [0.15, 0.2) is 72.8 Å². The van der Waals surface area contributed by atoms with Crippen molar-refractivity contribution in [2.24, 2.45) is 0 Å². The molecule has 4 nitrogen and oxygen atoms in total. The summed E-state index contributed by atoms with van der Waals surface area (Å²) >= 11 is 6.12. The number of amides is 1. The summed E-state index contributed by atoms with van der Waals surface area (Å²) in [7, 11) is 4.15. The van der Waals surface area contributed by atoms with Crippen LogP contribution < -0.4 is 10.6 Å². The molecule has 4 rings (SSSR count). The molecule has 0 bridgehead atoms. The molecule has 5 heteroatoms. The molecule has 1 aliphatic heterocycles. The van der Waals surface area contributed by atoms with Gasteiger partial charge in [0.1, 0.15) is 0 Å². The molecule has 3 aromatic carbocycles. The van der Waals surface area contributed by atoms with E-state index in [0.29, 0.717) is 10.6 Å². The first-order valence-electron chi connectivity index (χ1n) is 9.93. The molecule has 0 spiro atoms. The van der Waals surface area contributed by atoms with Gasteiger partial charge in [0.2, 0.25) is 0 Å². The van der Waals surface area contributed by atoms with Gasteiger partial charge in [-0.05, 0) is 55.9 Å². The Morgan fingerprint density at radius 1 is 1.00 bits per heavy atom. The van der Waals surface area contributed by atoms with Gasteiger partial charge in [-0.1, -0.05) is 60.1 Å². The fourth-order valence-electron chi connectivity index (χ4n) is 3.53. The van der Waals surface area contributed by atoms with Gasteiger partial charge in [0.05, 0.1) is 17.0 Å². The topological polar surface area (TPSA) is 44.4 Å². The number of benzene rings is 3. The summed E-state index contributed by atoms with van der Waals surface area (Å²) in [5.41, 5.74) is 6.13. The van der Waals surface area contributed by atoms with Gasteiger partial charge < -0.3 is 15.5 Å². The zero-order valence-corrected chi connectivity index (χ0v) is 17.8. The number of carbonyl (C=O) groups is 1. The van der Waals surface area contributed by atoms with Crippen molar-refractivity contribution in [3.8, 4) is 0 Å². The summed E-state index contributed by atoms with van der Waals surface area (Å²) in [4.78, 5) is 15.1. The molecule has 1 aliphatic rings. The molecule has 3 aromatic rings. The van der Waals surface area contributed by atoms with Crippen molar-refractivity contribution in [3.63, 3.8) is 0 Å². The van der Waals surface area contributed by atoms with Crippen LogP contribution in [0, 0.1) is 0 Å². The highest BCUT2D eigenvalue weighted by molar-refractivity contribution is 6.38. The number of anilines is 2. The van der Waals surface area contributed by atoms with Gasteiger partial charge in [0.15, 0.2) is 0 Å². The molecule has 0 atom stereocenters. The highest BCUT2D eigenvalue weighted by atomic mass is 35.5. The lowest BCUT2D eigenvalue weighted by Gasteiger charge is -2.15. The van der Waals surface area contributed by atoms with E-state index in [9.17, 15) is 4.79 Å². The SMILES string of the molecule is CN(C)CCc1ccc(N/C(=C2\C(=O)Nc3cc(Cl)ccc32)c2ccccc2)cc1. The molecule has 0 aromatic heterocycles. The molecule has 1 heterocycles. The first-order valence-corrected chi connectivity index (χ1v) is 10.3. The maximum Gasteiger partial charge on any atom is 0.258 e. The normalized spacial score (nSPS) is 14.5. The molecule has 1 amide bonds. The largest absolute Gasteiger partial charge is 0.354 e. The molecule has 0 radical (unpaired) electrons. The second kappa shape index (κ2) is 8.74. The third-order valence-electron chi connectivity index (χ3n) is 5.11. The van der Waals surface area contributed by atoms with Crippen LogP contribution in [0.2, 0.25) is 5.02 Å². The predicted octanol–water partition coefficient (Wildman–Crippen LogP) is 5.38. The van der Waals surface area contributed by atoms with Crippen LogP contribution in [-0.2, 0) is 11.2 Å². The number of halogens is 1. The summed E-state index contributed by atoms with van der Waals surface area (Å²) in [6, 6.07) is 23.8. The number of likely N-dealkylation sites (N-methyl/N-ethyl adjacent to an activating group) is 1. The van der Waals surface area contributed by atoms with E-state index in [1.54, 1.807) is 6.07 Å². The second-order valence-electron chi connectivity index (χ2n) is 7.64. The van der Waals surface area contributed by atoms with Gasteiger partial charge in [-0.15, -0.1) is 0 Å². The Labute approximate surface area is 182 Å². The highest BCUT2D eigenvalue weighted by Gasteiger charge is 2.28. The standard InChI is InChI=1S/C25H24ClN3O/c1-29(2)15-14-17-8-11-20(12-9-17)27-24(18-6-4-3-5-7-18)23-21-13-10-19(26)16-22(21)28-25(23)30/h3-13,16,27H,14-15H2,1-2H3,(H,28,30)/b24-23-. The Balaban J connectivity index is 1.73. The maximum atomic E-state index is 12.9. The van der Waals surface area contributed by atoms with Gasteiger partial charge in [-0.25, -0.2) is 0 Å². The average molecular weight is 418 g/mol. The predicted molar refractivity (Wildman–Crippen MR) is 126 cm³/mol. The smallest absolute Gasteiger partial charge is 0.258 e. The number of fused-ring (bicyclic) bond motifs is 1. The fourth-order valence-corrected chi connectivity index (χ4v) is 3.70. The quantitative estimate of drug-likeness (QED) is 0.529. The average Bonchev–Trinajstić information content (AvgIpc) is 3.06. The first kappa shape index (κ1) is 20.2. The third kappa shape index (κ3) is 4.40. The van der Waals surface area contributed by atoms with E-state index in [2.05, 4.69) is 53.9 Å². The summed E-state index contributed by atoms with van der Waals surface area (Å²) in [5.74, 6) is -0.138. The van der Waals surface area contributed by atoms with Gasteiger partial charge in [0, 0.05) is 22.8 Å². The molecule has 0 unspecified atom stereocenters. The van der Waals surface area contributed by atoms with E-state index < -0.39 is 0 Å². The third-order valence-corrected chi connectivity index (χ3v) is 5.34. The summed E-state index contributed by atoms with van der Waals surface area (Å²) < 4.78 is 0. The summed E-state index contributed by atoms with van der Waals surface area (Å²) in [6.45, 7) is 1.01. The summed E-state index contributed by atoms with van der Waals surface area (Å²) in [6.07, 6.45) is 0.996. The molecular weight excluding hydrogens is 394 g/mol. The fraction of sp³-hybridized carbons (Fsp3) is 0.160. The van der Waals surface area contributed by atoms with Gasteiger partial charge in [-0.3, -0.25) is 4.79 Å². The van der Waals surface area contributed by atoms with Crippen molar-refractivity contribution in [2.75, 3.05) is 31.3 Å². The first-order chi connectivity index (χ1) is 14.5. The van der Waals surface area contributed by atoms with E-state index in [4.69, 9.17) is 11.6 Å². The number of carbonyl (C=O) groups excluding carboxylic acids is 1. The molecule has 30 heavy (non-hydrogen) atoms. The van der Waals surface area contributed by atoms with Crippen LogP contribution in [0.5, 0.6) is 0 Å². The van der Waals surface area contributed by atoms with Crippen LogP contribution in [0.1, 0.15) is 16.7 Å². The van der Waals surface area contributed by atoms with Gasteiger partial charge in [0.25, 0.3) is 5.91 Å². The van der Waals surface area contributed by atoms with Crippen LogP contribution in [-0.4, -0.2) is 31.4 Å². The lowest BCUT2D eigenvalue weighted by molar-refractivity contribution is -0.110. The van der Waals surface area contributed by atoms with E-state index in [0.717, 1.165) is 41.2 Å². The Morgan fingerprint density at radius 3 is 2.43 bits per heavy atom. The zero-order valence-electron chi connectivity index (χ0n) is 17.1. The molecule has 0 fully saturated rings. The van der Waals surface area contributed by atoms with Crippen LogP contribution in [0.25, 0.3) is 11.3 Å². The lowest BCUT2D eigenvalue weighted by Crippen LogP contribution is -2.15. The Kier molecular flexibility index (Phi) is 5.88. The molecule has 2 N–H and O–H groups in total. The maximum absolute atomic E-state index is 12.9. The van der Waals surface area contributed by atoms with Crippen molar-refractivity contribution in [3.05, 3.63) is 94.5 Å². The van der Waals surface area contributed by atoms with E-state index in [1.807, 2.05) is 42.5 Å². The van der Waals surface area contributed by atoms with Crippen LogP contribution >= 0.6 is 11.6 Å². The van der Waals surface area contributed by atoms with Crippen molar-refractivity contribution in [1.82, 2.24) is 4.90 Å². The zero-order chi connectivity index (χ0) is 21.1. The van der Waals surface area contributed by atoms with Crippen LogP contribution in [0.4, 0.5) is 11.4 Å². The minimum absolute atomic E-state index is 0.138. The number of hydrogen-bond acceptors (Lipinski definition) is 3. The Hall–Kier alpha value is -3.08. The number of nitrogens with one attached hydrogen (secondary N) is 2. The second-order valence-corrected chi connectivity index (χ2v) is 8.07. The Bertz CT molecular complexity index is 1090. The van der Waals surface area contributed by atoms with Crippen molar-refractivity contribution >= 4 is 40.2 Å². The van der Waals surface area contributed by atoms with Crippen LogP contribution in [0.3, 0.4) is 0 Å². The molecular formula is C25H24ClN3O. The monoisotopic (exact) mass is 417 g/mol.